The summed E-state index contributed by atoms with van der Waals surface area (Å²) in [5, 5.41) is 5.44. The van der Waals surface area contributed by atoms with Crippen LogP contribution in [0.3, 0.4) is 0 Å². The Kier molecular flexibility index (Phi) is 7.60. The maximum atomic E-state index is 2.62. The van der Waals surface area contributed by atoms with Gasteiger partial charge >= 0.3 is 0 Å². The number of hydrogen-bond donors (Lipinski definition) is 0. The highest BCUT2D eigenvalue weighted by Crippen LogP contribution is 2.44. The molecule has 0 N–H and O–H groups in total. The lowest BCUT2D eigenvalue weighted by Crippen LogP contribution is -2.05. The second kappa shape index (κ2) is 12.6. The van der Waals surface area contributed by atoms with E-state index in [1.54, 1.807) is 0 Å². The van der Waals surface area contributed by atoms with Crippen molar-refractivity contribution in [3.05, 3.63) is 139 Å². The van der Waals surface area contributed by atoms with Crippen molar-refractivity contribution in [2.24, 2.45) is 0 Å². The molecule has 2 aliphatic rings. The lowest BCUT2D eigenvalue weighted by Gasteiger charge is -2.23. The molecule has 0 atom stereocenters. The van der Waals surface area contributed by atoms with Crippen LogP contribution in [-0.4, -0.2) is 4.57 Å². The highest BCUT2D eigenvalue weighted by Gasteiger charge is 2.22. The van der Waals surface area contributed by atoms with Crippen LogP contribution in [0.5, 0.6) is 0 Å². The van der Waals surface area contributed by atoms with Crippen LogP contribution in [0.15, 0.2) is 127 Å². The topological polar surface area (TPSA) is 4.93 Å². The van der Waals surface area contributed by atoms with Crippen molar-refractivity contribution in [2.45, 2.75) is 76.0 Å². The minimum absolute atomic E-state index is 0.668. The number of thiophene rings is 1. The standard InChI is InChI=1S/C48H43NS/c1-3-13-32(14-4-1)34-25-27-40-41-28-26-35(33-15-5-2-6-16-33)31-46(41)49(45(40)30-34)44-23-9-7-19-38(44)36-17-11-18-37(29-36)39-21-12-22-43-42-20-8-10-24-47(42)50-48(39)43/h7-12,17-33H,1-6,13-16H2. The minimum atomic E-state index is 0.668. The molecule has 50 heavy (non-hydrogen) atoms. The SMILES string of the molecule is c1cc(-c2ccccc2-n2c3cc(C4CCCCC4)ccc3c3ccc(C4CCCCC4)cc32)cc(-c2cccc3c2sc2ccccc23)c1. The maximum absolute atomic E-state index is 2.62. The van der Waals surface area contributed by atoms with Crippen molar-refractivity contribution in [1.29, 1.82) is 0 Å². The van der Waals surface area contributed by atoms with Gasteiger partial charge in [-0.3, -0.25) is 0 Å². The van der Waals surface area contributed by atoms with E-state index in [-0.39, 0.29) is 0 Å². The predicted molar refractivity (Wildman–Crippen MR) is 216 cm³/mol. The fourth-order valence-corrected chi connectivity index (χ4v) is 10.7. The number of rotatable bonds is 5. The summed E-state index contributed by atoms with van der Waals surface area (Å²) in [6.45, 7) is 0. The fourth-order valence-electron chi connectivity index (χ4n) is 9.43. The summed E-state index contributed by atoms with van der Waals surface area (Å²) in [5.74, 6) is 1.34. The molecule has 2 aliphatic carbocycles. The van der Waals surface area contributed by atoms with Crippen molar-refractivity contribution < 1.29 is 0 Å². The van der Waals surface area contributed by atoms with E-state index in [2.05, 4.69) is 132 Å². The van der Waals surface area contributed by atoms with Gasteiger partial charge in [0.1, 0.15) is 0 Å². The van der Waals surface area contributed by atoms with Crippen molar-refractivity contribution in [2.75, 3.05) is 0 Å². The summed E-state index contributed by atoms with van der Waals surface area (Å²) in [5.41, 5.74) is 12.1. The molecule has 0 saturated heterocycles. The predicted octanol–water partition coefficient (Wildman–Crippen LogP) is 14.6. The molecule has 0 aliphatic heterocycles. The van der Waals surface area contributed by atoms with Gasteiger partial charge in [-0.1, -0.05) is 136 Å². The van der Waals surface area contributed by atoms with Crippen molar-refractivity contribution >= 4 is 53.3 Å². The molecule has 8 aromatic rings. The highest BCUT2D eigenvalue weighted by atomic mass is 32.1. The van der Waals surface area contributed by atoms with Crippen LogP contribution in [0.2, 0.25) is 0 Å². The normalized spacial score (nSPS) is 16.2. The van der Waals surface area contributed by atoms with E-state index >= 15 is 0 Å². The first-order chi connectivity index (χ1) is 24.8. The monoisotopic (exact) mass is 665 g/mol. The molecule has 0 amide bonds. The Morgan fingerprint density at radius 2 is 1.00 bits per heavy atom. The van der Waals surface area contributed by atoms with Crippen LogP contribution in [-0.2, 0) is 0 Å². The molecular formula is C48H43NS. The number of para-hydroxylation sites is 1. The van der Waals surface area contributed by atoms with Gasteiger partial charge < -0.3 is 4.57 Å². The van der Waals surface area contributed by atoms with Crippen molar-refractivity contribution in [3.8, 4) is 27.9 Å². The van der Waals surface area contributed by atoms with Gasteiger partial charge in [0, 0.05) is 36.5 Å². The number of hydrogen-bond acceptors (Lipinski definition) is 1. The first-order valence-corrected chi connectivity index (χ1v) is 19.8. The summed E-state index contributed by atoms with van der Waals surface area (Å²) in [4.78, 5) is 0. The summed E-state index contributed by atoms with van der Waals surface area (Å²) in [6.07, 6.45) is 13.4. The molecule has 0 unspecified atom stereocenters. The van der Waals surface area contributed by atoms with E-state index in [1.807, 2.05) is 11.3 Å². The van der Waals surface area contributed by atoms with Gasteiger partial charge in [0.2, 0.25) is 0 Å². The van der Waals surface area contributed by atoms with Gasteiger partial charge in [-0.15, -0.1) is 11.3 Å². The minimum Gasteiger partial charge on any atom is -0.309 e. The molecule has 2 heteroatoms. The van der Waals surface area contributed by atoms with Crippen LogP contribution < -0.4 is 0 Å². The van der Waals surface area contributed by atoms with Gasteiger partial charge in [0.25, 0.3) is 0 Å². The lowest BCUT2D eigenvalue weighted by molar-refractivity contribution is 0.444. The van der Waals surface area contributed by atoms with Crippen molar-refractivity contribution in [3.63, 3.8) is 0 Å². The quantitative estimate of drug-likeness (QED) is 0.172. The second-order valence-corrected chi connectivity index (χ2v) is 16.0. The third kappa shape index (κ3) is 5.11. The summed E-state index contributed by atoms with van der Waals surface area (Å²) >= 11 is 1.91. The second-order valence-electron chi connectivity index (χ2n) is 14.9. The Morgan fingerprint density at radius 3 is 1.70 bits per heavy atom. The molecule has 0 spiro atoms. The largest absolute Gasteiger partial charge is 0.309 e. The third-order valence-electron chi connectivity index (χ3n) is 12.0. The van der Waals surface area contributed by atoms with Crippen molar-refractivity contribution in [1.82, 2.24) is 4.57 Å². The van der Waals surface area contributed by atoms with Crippen LogP contribution in [0, 0.1) is 0 Å². The van der Waals surface area contributed by atoms with E-state index in [9.17, 15) is 0 Å². The van der Waals surface area contributed by atoms with Crippen LogP contribution >= 0.6 is 11.3 Å². The number of aromatic nitrogens is 1. The van der Waals surface area contributed by atoms with Gasteiger partial charge in [-0.2, -0.15) is 0 Å². The van der Waals surface area contributed by atoms with Gasteiger partial charge in [-0.05, 0) is 95.7 Å². The molecule has 2 aromatic heterocycles. The molecule has 1 nitrogen and oxygen atoms in total. The molecular weight excluding hydrogens is 623 g/mol. The zero-order chi connectivity index (χ0) is 33.0. The molecule has 246 valence electrons. The van der Waals surface area contributed by atoms with E-state index in [1.165, 1.54) is 145 Å². The summed E-state index contributed by atoms with van der Waals surface area (Å²) < 4.78 is 5.34. The lowest BCUT2D eigenvalue weighted by atomic mass is 9.83. The zero-order valence-corrected chi connectivity index (χ0v) is 29.5. The molecule has 0 radical (unpaired) electrons. The molecule has 0 bridgehead atoms. The molecule has 10 rings (SSSR count). The number of fused-ring (bicyclic) bond motifs is 6. The van der Waals surface area contributed by atoms with Crippen LogP contribution in [0.4, 0.5) is 0 Å². The number of nitrogens with zero attached hydrogens (tertiary/aromatic N) is 1. The van der Waals surface area contributed by atoms with Crippen LogP contribution in [0.1, 0.15) is 87.2 Å². The Labute approximate surface area is 299 Å². The van der Waals surface area contributed by atoms with Gasteiger partial charge in [0.15, 0.2) is 0 Å². The van der Waals surface area contributed by atoms with E-state index in [4.69, 9.17) is 0 Å². The fraction of sp³-hybridized carbons (Fsp3) is 0.250. The van der Waals surface area contributed by atoms with Gasteiger partial charge in [0.05, 0.1) is 16.7 Å². The smallest absolute Gasteiger partial charge is 0.0544 e. The first-order valence-electron chi connectivity index (χ1n) is 19.0. The summed E-state index contributed by atoms with van der Waals surface area (Å²) in [6, 6.07) is 48.9. The molecule has 2 heterocycles. The van der Waals surface area contributed by atoms with E-state index < -0.39 is 0 Å². The van der Waals surface area contributed by atoms with Gasteiger partial charge in [-0.25, -0.2) is 0 Å². The Hall–Kier alpha value is -4.66. The van der Waals surface area contributed by atoms with Crippen LogP contribution in [0.25, 0.3) is 69.9 Å². The Morgan fingerprint density at radius 1 is 0.440 bits per heavy atom. The average molecular weight is 666 g/mol. The van der Waals surface area contributed by atoms with E-state index in [0.717, 1.165) is 0 Å². The summed E-state index contributed by atoms with van der Waals surface area (Å²) in [7, 11) is 0. The third-order valence-corrected chi connectivity index (χ3v) is 13.2. The average Bonchev–Trinajstić information content (AvgIpc) is 3.74. The Bertz CT molecular complexity index is 2440. The highest BCUT2D eigenvalue weighted by molar-refractivity contribution is 7.26. The molecule has 2 saturated carbocycles. The number of benzene rings is 6. The maximum Gasteiger partial charge on any atom is 0.0544 e. The Balaban J connectivity index is 1.17. The molecule has 2 fully saturated rings. The molecule has 6 aromatic carbocycles. The first kappa shape index (κ1) is 30.2. The van der Waals surface area contributed by atoms with E-state index in [0.29, 0.717) is 11.8 Å². The zero-order valence-electron chi connectivity index (χ0n) is 28.7.